The predicted octanol–water partition coefficient (Wildman–Crippen LogP) is 7.11. The minimum Gasteiger partial charge on any atom is -0.465 e. The third-order valence-electron chi connectivity index (χ3n) is 7.66. The largest absolute Gasteiger partial charge is 0.465 e. The lowest BCUT2D eigenvalue weighted by atomic mass is 9.86. The zero-order valence-corrected chi connectivity index (χ0v) is 24.0. The fourth-order valence-electron chi connectivity index (χ4n) is 5.29. The summed E-state index contributed by atoms with van der Waals surface area (Å²) in [7, 11) is 0. The van der Waals surface area contributed by atoms with Crippen molar-refractivity contribution in [3.63, 3.8) is 0 Å². The highest BCUT2D eigenvalue weighted by Crippen LogP contribution is 2.32. The van der Waals surface area contributed by atoms with Crippen LogP contribution in [-0.2, 0) is 20.9 Å². The molecule has 0 aliphatic carbocycles. The molecule has 0 bridgehead atoms. The molecule has 0 fully saturated rings. The molecule has 1 heterocycles. The number of carbonyl (C=O) groups is 4. The van der Waals surface area contributed by atoms with Gasteiger partial charge in [-0.1, -0.05) is 44.5 Å². The second-order valence-electron chi connectivity index (χ2n) is 10.5. The Labute approximate surface area is 235 Å². The SMILES string of the molecule is CCCCOC(=O)C(C)CC(C(C)=O)C(=O)c1ccc2c(c1)c1cc(C(=O)c3ccccc3C)ccc1n2CC. The summed E-state index contributed by atoms with van der Waals surface area (Å²) in [5.41, 5.74) is 4.46. The molecule has 208 valence electrons. The van der Waals surface area contributed by atoms with E-state index in [9.17, 15) is 19.2 Å². The first-order valence-corrected chi connectivity index (χ1v) is 14.1. The van der Waals surface area contributed by atoms with Crippen LogP contribution in [0.1, 0.15) is 78.8 Å². The Morgan fingerprint density at radius 2 is 1.50 bits per heavy atom. The molecule has 4 rings (SSSR count). The number of aromatic nitrogens is 1. The van der Waals surface area contributed by atoms with E-state index < -0.39 is 11.8 Å². The molecule has 0 aliphatic rings. The average molecular weight is 540 g/mol. The number of rotatable bonds is 12. The molecule has 2 atom stereocenters. The summed E-state index contributed by atoms with van der Waals surface area (Å²) >= 11 is 0. The Bertz CT molecular complexity index is 1590. The lowest BCUT2D eigenvalue weighted by molar-refractivity contribution is -0.148. The number of benzene rings is 3. The van der Waals surface area contributed by atoms with E-state index >= 15 is 0 Å². The van der Waals surface area contributed by atoms with Crippen LogP contribution in [0.5, 0.6) is 0 Å². The number of esters is 1. The van der Waals surface area contributed by atoms with Gasteiger partial charge in [0.25, 0.3) is 0 Å². The number of hydrogen-bond acceptors (Lipinski definition) is 5. The highest BCUT2D eigenvalue weighted by molar-refractivity contribution is 6.17. The van der Waals surface area contributed by atoms with Gasteiger partial charge in [0.2, 0.25) is 0 Å². The Morgan fingerprint density at radius 1 is 0.875 bits per heavy atom. The van der Waals surface area contributed by atoms with Crippen molar-refractivity contribution in [2.45, 2.75) is 60.4 Å². The van der Waals surface area contributed by atoms with Crippen LogP contribution in [0.15, 0.2) is 60.7 Å². The van der Waals surface area contributed by atoms with Crippen molar-refractivity contribution in [2.75, 3.05) is 6.61 Å². The molecule has 4 aromatic rings. The smallest absolute Gasteiger partial charge is 0.308 e. The van der Waals surface area contributed by atoms with Crippen LogP contribution in [0.2, 0.25) is 0 Å². The van der Waals surface area contributed by atoms with E-state index in [-0.39, 0.29) is 29.7 Å². The quantitative estimate of drug-likeness (QED) is 0.0829. The van der Waals surface area contributed by atoms with Gasteiger partial charge in [-0.15, -0.1) is 0 Å². The number of fused-ring (bicyclic) bond motifs is 3. The van der Waals surface area contributed by atoms with Gasteiger partial charge in [0.15, 0.2) is 11.6 Å². The molecule has 3 aromatic carbocycles. The van der Waals surface area contributed by atoms with Crippen LogP contribution >= 0.6 is 0 Å². The fourth-order valence-corrected chi connectivity index (χ4v) is 5.29. The molecule has 40 heavy (non-hydrogen) atoms. The van der Waals surface area contributed by atoms with Crippen molar-refractivity contribution < 1.29 is 23.9 Å². The maximum Gasteiger partial charge on any atom is 0.308 e. The Hall–Kier alpha value is -4.06. The van der Waals surface area contributed by atoms with Crippen molar-refractivity contribution >= 4 is 45.1 Å². The van der Waals surface area contributed by atoms with Crippen LogP contribution in [0, 0.1) is 18.8 Å². The normalized spacial score (nSPS) is 12.8. The molecular weight excluding hydrogens is 502 g/mol. The van der Waals surface area contributed by atoms with E-state index in [1.807, 2.05) is 68.4 Å². The van der Waals surface area contributed by atoms with Gasteiger partial charge in [-0.3, -0.25) is 19.2 Å². The van der Waals surface area contributed by atoms with Gasteiger partial charge in [-0.25, -0.2) is 0 Å². The van der Waals surface area contributed by atoms with Crippen molar-refractivity contribution in [2.24, 2.45) is 11.8 Å². The van der Waals surface area contributed by atoms with Gasteiger partial charge in [-0.2, -0.15) is 0 Å². The summed E-state index contributed by atoms with van der Waals surface area (Å²) in [6, 6.07) is 18.7. The van der Waals surface area contributed by atoms with E-state index in [1.165, 1.54) is 6.92 Å². The molecule has 0 radical (unpaired) electrons. The number of carbonyl (C=O) groups excluding carboxylic acids is 4. The summed E-state index contributed by atoms with van der Waals surface area (Å²) < 4.78 is 7.46. The minimum absolute atomic E-state index is 0.0546. The Balaban J connectivity index is 1.71. The van der Waals surface area contributed by atoms with Gasteiger partial charge >= 0.3 is 5.97 Å². The van der Waals surface area contributed by atoms with Crippen LogP contribution < -0.4 is 0 Å². The number of Topliss-reactive ketones (excluding diaryl/α,β-unsaturated/α-hetero) is 2. The molecule has 6 heteroatoms. The number of ketones is 3. The lowest BCUT2D eigenvalue weighted by Gasteiger charge is -2.17. The van der Waals surface area contributed by atoms with E-state index in [4.69, 9.17) is 4.74 Å². The van der Waals surface area contributed by atoms with E-state index in [2.05, 4.69) is 11.5 Å². The number of nitrogens with zero attached hydrogens (tertiary/aromatic N) is 1. The summed E-state index contributed by atoms with van der Waals surface area (Å²) in [6.45, 7) is 10.1. The van der Waals surface area contributed by atoms with Gasteiger partial charge in [0.05, 0.1) is 18.4 Å². The second kappa shape index (κ2) is 12.4. The van der Waals surface area contributed by atoms with Crippen LogP contribution in [-0.4, -0.2) is 34.5 Å². The first kappa shape index (κ1) is 28.9. The van der Waals surface area contributed by atoms with Gasteiger partial charge < -0.3 is 9.30 Å². The molecule has 0 saturated carbocycles. The molecule has 1 aromatic heterocycles. The summed E-state index contributed by atoms with van der Waals surface area (Å²) in [5.74, 6) is -2.55. The maximum absolute atomic E-state index is 13.6. The Morgan fingerprint density at radius 3 is 2.10 bits per heavy atom. The van der Waals surface area contributed by atoms with E-state index in [0.29, 0.717) is 29.8 Å². The van der Waals surface area contributed by atoms with Crippen LogP contribution in [0.3, 0.4) is 0 Å². The minimum atomic E-state index is -0.941. The summed E-state index contributed by atoms with van der Waals surface area (Å²) in [6.07, 6.45) is 1.79. The van der Waals surface area contributed by atoms with Gasteiger partial charge in [-0.05, 0) is 75.6 Å². The maximum atomic E-state index is 13.6. The number of ether oxygens (including phenoxy) is 1. The highest BCUT2D eigenvalue weighted by atomic mass is 16.5. The molecule has 0 N–H and O–H groups in total. The number of aryl methyl sites for hydroxylation is 2. The third kappa shape index (κ3) is 5.76. The Kier molecular flexibility index (Phi) is 8.98. The van der Waals surface area contributed by atoms with Crippen molar-refractivity contribution in [3.05, 3.63) is 82.9 Å². The van der Waals surface area contributed by atoms with Crippen LogP contribution in [0.4, 0.5) is 0 Å². The molecule has 0 amide bonds. The van der Waals surface area contributed by atoms with Gasteiger partial charge in [0, 0.05) is 45.0 Å². The van der Waals surface area contributed by atoms with Gasteiger partial charge in [0.1, 0.15) is 5.78 Å². The summed E-state index contributed by atoms with van der Waals surface area (Å²) in [5, 5.41) is 1.72. The first-order valence-electron chi connectivity index (χ1n) is 14.1. The van der Waals surface area contributed by atoms with E-state index in [0.717, 1.165) is 40.2 Å². The highest BCUT2D eigenvalue weighted by Gasteiger charge is 2.30. The molecule has 0 aliphatic heterocycles. The van der Waals surface area contributed by atoms with E-state index in [1.54, 1.807) is 13.0 Å². The first-order chi connectivity index (χ1) is 19.2. The molecule has 0 saturated heterocycles. The van der Waals surface area contributed by atoms with Crippen molar-refractivity contribution in [3.8, 4) is 0 Å². The molecule has 2 unspecified atom stereocenters. The fraction of sp³-hybridized carbons (Fsp3) is 0.353. The average Bonchev–Trinajstić information content (AvgIpc) is 3.27. The molecule has 6 nitrogen and oxygen atoms in total. The van der Waals surface area contributed by atoms with Crippen LogP contribution in [0.25, 0.3) is 21.8 Å². The zero-order valence-electron chi connectivity index (χ0n) is 24.0. The topological polar surface area (TPSA) is 82.4 Å². The summed E-state index contributed by atoms with van der Waals surface area (Å²) in [4.78, 5) is 52.0. The third-order valence-corrected chi connectivity index (χ3v) is 7.66. The monoisotopic (exact) mass is 539 g/mol. The zero-order chi connectivity index (χ0) is 29.0. The molecule has 0 spiro atoms. The van der Waals surface area contributed by atoms with Crippen molar-refractivity contribution in [1.29, 1.82) is 0 Å². The van der Waals surface area contributed by atoms with Crippen molar-refractivity contribution in [1.82, 2.24) is 4.57 Å². The second-order valence-corrected chi connectivity index (χ2v) is 10.5. The predicted molar refractivity (Wildman–Crippen MR) is 158 cm³/mol. The molecular formula is C34H37NO5. The lowest BCUT2D eigenvalue weighted by Crippen LogP contribution is -2.28. The standard InChI is InChI=1S/C34H37NO5/c1-6-8-17-40-34(39)22(4)18-27(23(5)36)33(38)25-14-16-31-29(20-25)28-19-24(13-15-30(28)35(31)7-2)32(37)26-12-10-9-11-21(26)3/h9-16,19-20,22,27H,6-8,17-18H2,1-5H3. The number of hydrogen-bond donors (Lipinski definition) is 0. The number of unbranched alkanes of at least 4 members (excludes halogenated alkanes) is 1.